The Hall–Kier alpha value is -4.23. The summed E-state index contributed by atoms with van der Waals surface area (Å²) < 4.78 is 11.3. The number of ketones is 1. The Morgan fingerprint density at radius 3 is 2.33 bits per heavy atom. The highest BCUT2D eigenvalue weighted by Gasteiger charge is 2.23. The van der Waals surface area contributed by atoms with Crippen molar-refractivity contribution in [3.05, 3.63) is 101 Å². The smallest absolute Gasteiger partial charge is 0.337 e. The van der Waals surface area contributed by atoms with E-state index in [0.717, 1.165) is 5.56 Å². The molecule has 0 atom stereocenters. The van der Waals surface area contributed by atoms with Crippen molar-refractivity contribution in [2.75, 3.05) is 0 Å². The molecule has 0 fully saturated rings. The summed E-state index contributed by atoms with van der Waals surface area (Å²) in [7, 11) is 0. The van der Waals surface area contributed by atoms with E-state index in [9.17, 15) is 14.7 Å². The summed E-state index contributed by atoms with van der Waals surface area (Å²) in [6.45, 7) is 0. The molecule has 0 spiro atoms. The molecule has 0 saturated heterocycles. The van der Waals surface area contributed by atoms with Crippen LogP contribution in [0.5, 0.6) is 11.5 Å². The van der Waals surface area contributed by atoms with E-state index in [4.69, 9.17) is 9.15 Å². The zero-order chi connectivity index (χ0) is 22.8. The van der Waals surface area contributed by atoms with Crippen molar-refractivity contribution in [2.45, 2.75) is 6.42 Å². The second kappa shape index (κ2) is 8.72. The Morgan fingerprint density at radius 1 is 0.909 bits per heavy atom. The number of hydrogen-bond acceptors (Lipinski definition) is 6. The van der Waals surface area contributed by atoms with Gasteiger partial charge in [-0.25, -0.2) is 9.78 Å². The standard InChI is InChI=1S/C26H17NO5S/c28-21(25-27-20-8-4-5-9-22(20)32-25)14-17-15-33-24(23(17)26(29)30)16-10-12-19(13-11-16)31-18-6-2-1-3-7-18/h1-13,15H,14H2,(H,29,30). The molecule has 2 heterocycles. The third-order valence-electron chi connectivity index (χ3n) is 5.06. The molecule has 33 heavy (non-hydrogen) atoms. The number of aromatic carboxylic acids is 1. The molecule has 5 aromatic rings. The number of carboxylic acids is 1. The Balaban J connectivity index is 1.40. The van der Waals surface area contributed by atoms with Gasteiger partial charge in [-0.2, -0.15) is 0 Å². The van der Waals surface area contributed by atoms with Crippen molar-refractivity contribution in [2.24, 2.45) is 0 Å². The lowest BCUT2D eigenvalue weighted by atomic mass is 10.0. The summed E-state index contributed by atoms with van der Waals surface area (Å²) in [5, 5.41) is 11.6. The fraction of sp³-hybridized carbons (Fsp3) is 0.0385. The number of benzene rings is 3. The molecule has 3 aromatic carbocycles. The van der Waals surface area contributed by atoms with Crippen LogP contribution in [-0.4, -0.2) is 21.8 Å². The van der Waals surface area contributed by atoms with E-state index in [1.54, 1.807) is 35.7 Å². The van der Waals surface area contributed by atoms with Gasteiger partial charge in [0.1, 0.15) is 17.0 Å². The highest BCUT2D eigenvalue weighted by atomic mass is 32.1. The van der Waals surface area contributed by atoms with Crippen LogP contribution in [0, 0.1) is 0 Å². The Bertz CT molecular complexity index is 1420. The highest BCUT2D eigenvalue weighted by Crippen LogP contribution is 2.35. The van der Waals surface area contributed by atoms with Gasteiger partial charge in [0.05, 0.1) is 5.56 Å². The minimum Gasteiger partial charge on any atom is -0.478 e. The number of oxazole rings is 1. The maximum Gasteiger partial charge on any atom is 0.337 e. The molecular formula is C26H17NO5S. The average Bonchev–Trinajstić information content (AvgIpc) is 3.45. The molecule has 6 nitrogen and oxygen atoms in total. The van der Waals surface area contributed by atoms with Crippen molar-refractivity contribution in [1.29, 1.82) is 0 Å². The van der Waals surface area contributed by atoms with E-state index >= 15 is 0 Å². The molecule has 0 radical (unpaired) electrons. The van der Waals surface area contributed by atoms with Crippen LogP contribution < -0.4 is 4.74 Å². The molecule has 0 aliphatic heterocycles. The number of carboxylic acid groups (broad SMARTS) is 1. The number of Topliss-reactive ketones (excluding diaryl/α,β-unsaturated/α-hetero) is 1. The average molecular weight is 455 g/mol. The molecule has 0 bridgehead atoms. The molecule has 1 N–H and O–H groups in total. The molecule has 0 amide bonds. The maximum absolute atomic E-state index is 12.8. The van der Waals surface area contributed by atoms with Crippen molar-refractivity contribution >= 4 is 34.2 Å². The Morgan fingerprint density at radius 2 is 1.61 bits per heavy atom. The third-order valence-corrected chi connectivity index (χ3v) is 6.14. The molecule has 5 rings (SSSR count). The predicted octanol–water partition coefficient (Wildman–Crippen LogP) is 6.47. The predicted molar refractivity (Wildman–Crippen MR) is 125 cm³/mol. The maximum atomic E-state index is 12.8. The summed E-state index contributed by atoms with van der Waals surface area (Å²) in [5.74, 6) is -0.124. The number of nitrogens with zero attached hydrogens (tertiary/aromatic N) is 1. The summed E-state index contributed by atoms with van der Waals surface area (Å²) in [5.41, 5.74) is 2.38. The third kappa shape index (κ3) is 4.26. The van der Waals surface area contributed by atoms with Gasteiger partial charge >= 0.3 is 5.97 Å². The molecule has 0 unspecified atom stereocenters. The van der Waals surface area contributed by atoms with Crippen LogP contribution >= 0.6 is 11.3 Å². The number of thiophene rings is 1. The van der Waals surface area contributed by atoms with E-state index in [1.165, 1.54) is 11.3 Å². The molecule has 0 aliphatic carbocycles. The van der Waals surface area contributed by atoms with Crippen LogP contribution in [-0.2, 0) is 6.42 Å². The second-order valence-electron chi connectivity index (χ2n) is 7.30. The largest absolute Gasteiger partial charge is 0.478 e. The molecular weight excluding hydrogens is 438 g/mol. The molecule has 2 aromatic heterocycles. The summed E-state index contributed by atoms with van der Waals surface area (Å²) in [4.78, 5) is 29.6. The quantitative estimate of drug-likeness (QED) is 0.283. The van der Waals surface area contributed by atoms with Gasteiger partial charge < -0.3 is 14.3 Å². The van der Waals surface area contributed by atoms with E-state index in [-0.39, 0.29) is 23.7 Å². The summed E-state index contributed by atoms with van der Waals surface area (Å²) in [6.07, 6.45) is -0.111. The van der Waals surface area contributed by atoms with Crippen LogP contribution in [0.25, 0.3) is 21.5 Å². The lowest BCUT2D eigenvalue weighted by Gasteiger charge is -2.07. The molecule has 7 heteroatoms. The van der Waals surface area contributed by atoms with Crippen molar-refractivity contribution in [1.82, 2.24) is 4.98 Å². The van der Waals surface area contributed by atoms with Gasteiger partial charge in [0, 0.05) is 11.3 Å². The fourth-order valence-electron chi connectivity index (χ4n) is 3.51. The topological polar surface area (TPSA) is 89.6 Å². The number of carbonyl (C=O) groups excluding carboxylic acids is 1. The first-order valence-electron chi connectivity index (χ1n) is 10.1. The summed E-state index contributed by atoms with van der Waals surface area (Å²) in [6, 6.07) is 23.7. The number of para-hydroxylation sites is 3. The SMILES string of the molecule is O=C(Cc1csc(-c2ccc(Oc3ccccc3)cc2)c1C(=O)O)c1nc2ccccc2o1. The van der Waals surface area contributed by atoms with E-state index in [0.29, 0.717) is 33.0 Å². The van der Waals surface area contributed by atoms with Crippen molar-refractivity contribution in [3.8, 4) is 21.9 Å². The minimum atomic E-state index is -1.09. The first-order chi connectivity index (χ1) is 16.1. The normalized spacial score (nSPS) is 10.9. The highest BCUT2D eigenvalue weighted by molar-refractivity contribution is 7.14. The zero-order valence-corrected chi connectivity index (χ0v) is 18.0. The van der Waals surface area contributed by atoms with E-state index in [1.807, 2.05) is 48.5 Å². The Labute approximate surface area is 192 Å². The van der Waals surface area contributed by atoms with Gasteiger partial charge in [-0.05, 0) is 65.0 Å². The van der Waals surface area contributed by atoms with Crippen LogP contribution in [0.1, 0.15) is 26.6 Å². The zero-order valence-electron chi connectivity index (χ0n) is 17.2. The minimum absolute atomic E-state index is 0.0253. The number of aromatic nitrogens is 1. The van der Waals surface area contributed by atoms with Gasteiger partial charge in [0.25, 0.3) is 5.89 Å². The van der Waals surface area contributed by atoms with Gasteiger partial charge in [-0.15, -0.1) is 11.3 Å². The van der Waals surface area contributed by atoms with Crippen molar-refractivity contribution < 1.29 is 23.8 Å². The van der Waals surface area contributed by atoms with Crippen LogP contribution in [0.15, 0.2) is 88.7 Å². The number of carbonyl (C=O) groups is 2. The summed E-state index contributed by atoms with van der Waals surface area (Å²) >= 11 is 1.28. The van der Waals surface area contributed by atoms with Gasteiger partial charge in [-0.1, -0.05) is 30.3 Å². The number of ether oxygens (including phenoxy) is 1. The van der Waals surface area contributed by atoms with E-state index < -0.39 is 5.97 Å². The number of hydrogen-bond donors (Lipinski definition) is 1. The van der Waals surface area contributed by atoms with Crippen LogP contribution in [0.4, 0.5) is 0 Å². The lowest BCUT2D eigenvalue weighted by Crippen LogP contribution is -2.08. The van der Waals surface area contributed by atoms with Gasteiger partial charge in [-0.3, -0.25) is 4.79 Å². The van der Waals surface area contributed by atoms with Crippen LogP contribution in [0.2, 0.25) is 0 Å². The first-order valence-corrected chi connectivity index (χ1v) is 11.0. The molecule has 0 saturated carbocycles. The van der Waals surface area contributed by atoms with Crippen molar-refractivity contribution in [3.63, 3.8) is 0 Å². The Kier molecular flexibility index (Phi) is 5.46. The monoisotopic (exact) mass is 455 g/mol. The fourth-order valence-corrected chi connectivity index (χ4v) is 4.58. The number of rotatable bonds is 7. The lowest BCUT2D eigenvalue weighted by molar-refractivity contribution is 0.0697. The van der Waals surface area contributed by atoms with Crippen LogP contribution in [0.3, 0.4) is 0 Å². The van der Waals surface area contributed by atoms with E-state index in [2.05, 4.69) is 4.98 Å². The van der Waals surface area contributed by atoms with Gasteiger partial charge in [0.15, 0.2) is 5.58 Å². The number of fused-ring (bicyclic) bond motifs is 1. The van der Waals surface area contributed by atoms with Gasteiger partial charge in [0.2, 0.25) is 5.78 Å². The molecule has 0 aliphatic rings. The molecule has 162 valence electrons. The first kappa shape index (κ1) is 20.7. The second-order valence-corrected chi connectivity index (χ2v) is 8.18.